The van der Waals surface area contributed by atoms with Crippen molar-refractivity contribution in [3.8, 4) is 0 Å². The number of carbonyl (C=O) groups excluding carboxylic acids is 1. The number of nitrogens with one attached hydrogen (secondary N) is 2. The number of nitrogens with zero attached hydrogens (tertiary/aromatic N) is 2. The summed E-state index contributed by atoms with van der Waals surface area (Å²) in [5.41, 5.74) is 0.724. The normalized spacial score (nSPS) is 26.5. The van der Waals surface area contributed by atoms with Crippen LogP contribution in [0, 0.1) is 0 Å². The quantitative estimate of drug-likeness (QED) is 0.564. The van der Waals surface area contributed by atoms with Gasteiger partial charge < -0.3 is 10.6 Å². The Morgan fingerprint density at radius 2 is 1.97 bits per heavy atom. The Hall–Kier alpha value is -2.12. The topological polar surface area (TPSA) is 58.4 Å². The molecule has 0 radical (unpaired) electrons. The largest absolute Gasteiger partial charge is 0.368 e. The molecule has 2 aliphatic rings. The molecule has 0 aliphatic heterocycles. The van der Waals surface area contributed by atoms with Crippen LogP contribution in [0.15, 0.2) is 47.2 Å². The van der Waals surface area contributed by atoms with Gasteiger partial charge in [0.2, 0.25) is 0 Å². The van der Waals surface area contributed by atoms with Crippen molar-refractivity contribution in [3.63, 3.8) is 0 Å². The molecule has 31 heavy (non-hydrogen) atoms. The Bertz CT molecular complexity index is 1040. The standard InChI is InChI=1S/C22H24Cl2F2N4O/c1-22(24)10-9-15(16(23)11-22)21(31)28-14-7-5-13(6-8-14)27-18-3-2-4-19-29-17(20(25)26)12-30(18)19/h2-4,9,11-14,20,27H,5-8,10H2,1H3,(H,28,31). The van der Waals surface area contributed by atoms with E-state index in [1.807, 2.05) is 13.0 Å². The molecule has 2 aromatic rings. The van der Waals surface area contributed by atoms with E-state index in [9.17, 15) is 13.6 Å². The van der Waals surface area contributed by atoms with Gasteiger partial charge in [-0.2, -0.15) is 0 Å². The van der Waals surface area contributed by atoms with Crippen LogP contribution >= 0.6 is 23.2 Å². The second kappa shape index (κ2) is 8.79. The lowest BCUT2D eigenvalue weighted by Gasteiger charge is -2.31. The molecule has 2 aliphatic carbocycles. The van der Waals surface area contributed by atoms with E-state index in [1.165, 1.54) is 6.20 Å². The summed E-state index contributed by atoms with van der Waals surface area (Å²) in [6.07, 6.45) is 6.14. The minimum Gasteiger partial charge on any atom is -0.368 e. The van der Waals surface area contributed by atoms with E-state index in [0.29, 0.717) is 22.7 Å². The predicted molar refractivity (Wildman–Crippen MR) is 119 cm³/mol. The van der Waals surface area contributed by atoms with Crippen LogP contribution in [0.25, 0.3) is 5.65 Å². The van der Waals surface area contributed by atoms with Crippen molar-refractivity contribution in [1.82, 2.24) is 14.7 Å². The molecule has 0 spiro atoms. The second-order valence-corrected chi connectivity index (χ2v) is 9.63. The fraction of sp³-hybridized carbons (Fsp3) is 0.455. The van der Waals surface area contributed by atoms with Gasteiger partial charge in [-0.1, -0.05) is 23.7 Å². The molecule has 0 bridgehead atoms. The number of pyridine rings is 1. The number of halogens is 4. The Morgan fingerprint density at radius 1 is 1.26 bits per heavy atom. The van der Waals surface area contributed by atoms with E-state index in [-0.39, 0.29) is 23.7 Å². The molecule has 2 aromatic heterocycles. The zero-order valence-corrected chi connectivity index (χ0v) is 18.6. The molecule has 9 heteroatoms. The lowest BCUT2D eigenvalue weighted by molar-refractivity contribution is -0.118. The number of imidazole rings is 1. The first kappa shape index (κ1) is 22.1. The molecular formula is C22H24Cl2F2N4O. The molecule has 1 saturated carbocycles. The highest BCUT2D eigenvalue weighted by Gasteiger charge is 2.28. The maximum absolute atomic E-state index is 13.0. The fourth-order valence-corrected chi connectivity index (χ4v) is 4.75. The zero-order chi connectivity index (χ0) is 22.2. The molecule has 0 saturated heterocycles. The van der Waals surface area contributed by atoms with E-state index < -0.39 is 11.3 Å². The van der Waals surface area contributed by atoms with E-state index >= 15 is 0 Å². The van der Waals surface area contributed by atoms with Gasteiger partial charge in [-0.15, -0.1) is 11.6 Å². The highest BCUT2D eigenvalue weighted by molar-refractivity contribution is 6.37. The first-order chi connectivity index (χ1) is 14.7. The zero-order valence-electron chi connectivity index (χ0n) is 17.0. The molecule has 1 unspecified atom stereocenters. The summed E-state index contributed by atoms with van der Waals surface area (Å²) in [4.78, 5) is 16.0. The van der Waals surface area contributed by atoms with Crippen LogP contribution in [0.1, 0.15) is 51.1 Å². The Morgan fingerprint density at radius 3 is 2.65 bits per heavy atom. The monoisotopic (exact) mass is 468 g/mol. The number of anilines is 1. The van der Waals surface area contributed by atoms with Crippen molar-refractivity contribution < 1.29 is 13.6 Å². The van der Waals surface area contributed by atoms with Gasteiger partial charge in [0.25, 0.3) is 12.3 Å². The summed E-state index contributed by atoms with van der Waals surface area (Å²) in [6.45, 7) is 1.86. The Kier molecular flexibility index (Phi) is 6.26. The van der Waals surface area contributed by atoms with Crippen LogP contribution in [-0.2, 0) is 4.79 Å². The van der Waals surface area contributed by atoms with Crippen LogP contribution in [0.5, 0.6) is 0 Å². The third-order valence-electron chi connectivity index (χ3n) is 5.78. The lowest BCUT2D eigenvalue weighted by Crippen LogP contribution is -2.41. The van der Waals surface area contributed by atoms with Crippen molar-refractivity contribution >= 4 is 40.6 Å². The predicted octanol–water partition coefficient (Wildman–Crippen LogP) is 5.56. The first-order valence-electron chi connectivity index (χ1n) is 10.3. The molecule has 1 amide bonds. The third-order valence-corrected chi connectivity index (χ3v) is 6.36. The van der Waals surface area contributed by atoms with Crippen LogP contribution in [-0.4, -0.2) is 32.2 Å². The van der Waals surface area contributed by atoms with E-state index in [1.54, 1.807) is 28.7 Å². The van der Waals surface area contributed by atoms with Crippen molar-refractivity contribution in [2.75, 3.05) is 5.32 Å². The maximum atomic E-state index is 13.0. The van der Waals surface area contributed by atoms with Gasteiger partial charge >= 0.3 is 0 Å². The number of hydrogen-bond acceptors (Lipinski definition) is 3. The van der Waals surface area contributed by atoms with Crippen molar-refractivity contribution in [2.45, 2.75) is 62.4 Å². The smallest absolute Gasteiger partial charge is 0.281 e. The number of alkyl halides is 3. The van der Waals surface area contributed by atoms with Crippen molar-refractivity contribution in [1.29, 1.82) is 0 Å². The van der Waals surface area contributed by atoms with Gasteiger partial charge in [-0.05, 0) is 57.2 Å². The SMILES string of the molecule is CC1(Cl)C=C(Cl)C(C(=O)NC2CCC(Nc3cccc4nc(C(F)F)cn34)CC2)=CC1. The van der Waals surface area contributed by atoms with Gasteiger partial charge in [0.05, 0.1) is 15.5 Å². The van der Waals surface area contributed by atoms with Crippen LogP contribution in [0.2, 0.25) is 0 Å². The highest BCUT2D eigenvalue weighted by Crippen LogP contribution is 2.33. The van der Waals surface area contributed by atoms with Crippen molar-refractivity contribution in [2.24, 2.45) is 0 Å². The van der Waals surface area contributed by atoms with E-state index in [2.05, 4.69) is 15.6 Å². The molecule has 4 rings (SSSR count). The molecule has 166 valence electrons. The average molecular weight is 469 g/mol. The summed E-state index contributed by atoms with van der Waals surface area (Å²) in [5.74, 6) is 0.560. The molecule has 1 fully saturated rings. The molecule has 5 nitrogen and oxygen atoms in total. The fourth-order valence-electron chi connectivity index (χ4n) is 4.11. The lowest BCUT2D eigenvalue weighted by atomic mass is 9.90. The van der Waals surface area contributed by atoms with Gasteiger partial charge in [-0.3, -0.25) is 9.20 Å². The number of rotatable bonds is 5. The number of carbonyl (C=O) groups is 1. The van der Waals surface area contributed by atoms with Crippen LogP contribution in [0.3, 0.4) is 0 Å². The maximum Gasteiger partial charge on any atom is 0.281 e. The van der Waals surface area contributed by atoms with Crippen LogP contribution < -0.4 is 10.6 Å². The minimum absolute atomic E-state index is 0.0645. The Labute approximate surface area is 189 Å². The number of fused-ring (bicyclic) bond motifs is 1. The third kappa shape index (κ3) is 5.04. The number of aromatic nitrogens is 2. The summed E-state index contributed by atoms with van der Waals surface area (Å²) >= 11 is 12.5. The molecule has 2 heterocycles. The minimum atomic E-state index is -2.60. The second-order valence-electron chi connectivity index (χ2n) is 8.36. The van der Waals surface area contributed by atoms with Gasteiger partial charge in [0.1, 0.15) is 17.2 Å². The molecule has 2 N–H and O–H groups in total. The van der Waals surface area contributed by atoms with E-state index in [0.717, 1.165) is 31.5 Å². The Balaban J connectivity index is 1.34. The van der Waals surface area contributed by atoms with Gasteiger partial charge in [0, 0.05) is 18.3 Å². The van der Waals surface area contributed by atoms with Crippen LogP contribution in [0.4, 0.5) is 14.6 Å². The molecule has 1 atom stereocenters. The summed E-state index contributed by atoms with van der Waals surface area (Å²) in [6, 6.07) is 5.61. The van der Waals surface area contributed by atoms with E-state index in [4.69, 9.17) is 23.2 Å². The number of hydrogen-bond donors (Lipinski definition) is 2. The molecular weight excluding hydrogens is 445 g/mol. The number of allylic oxidation sites excluding steroid dienone is 2. The van der Waals surface area contributed by atoms with Gasteiger partial charge in [-0.25, -0.2) is 13.8 Å². The highest BCUT2D eigenvalue weighted by atomic mass is 35.5. The summed E-state index contributed by atoms with van der Waals surface area (Å²) in [5, 5.41) is 6.90. The molecule has 0 aromatic carbocycles. The van der Waals surface area contributed by atoms with Crippen molar-refractivity contribution in [3.05, 3.63) is 52.8 Å². The number of amides is 1. The van der Waals surface area contributed by atoms with Gasteiger partial charge in [0.15, 0.2) is 0 Å². The summed E-state index contributed by atoms with van der Waals surface area (Å²) < 4.78 is 27.6. The summed E-state index contributed by atoms with van der Waals surface area (Å²) in [7, 11) is 0. The average Bonchev–Trinajstić information content (AvgIpc) is 3.14. The first-order valence-corrected chi connectivity index (χ1v) is 11.1.